The molecule has 32 heavy (non-hydrogen) atoms. The summed E-state index contributed by atoms with van der Waals surface area (Å²) in [6.07, 6.45) is 1.75. The fourth-order valence-electron chi connectivity index (χ4n) is 2.82. The molecule has 0 unspecified atom stereocenters. The Bertz CT molecular complexity index is 1260. The largest absolute Gasteiger partial charge is 0.486 e. The summed E-state index contributed by atoms with van der Waals surface area (Å²) >= 11 is 19.0. The maximum atomic E-state index is 12.6. The summed E-state index contributed by atoms with van der Waals surface area (Å²) in [5, 5.41) is 8.25. The van der Waals surface area contributed by atoms with Gasteiger partial charge in [-0.15, -0.1) is 0 Å². The lowest BCUT2D eigenvalue weighted by Gasteiger charge is -2.05. The fraction of sp³-hybridized carbons (Fsp3) is 0.0909. The van der Waals surface area contributed by atoms with Crippen LogP contribution >= 0.6 is 55.1 Å². The van der Waals surface area contributed by atoms with Crippen LogP contribution < -0.4 is 10.1 Å². The molecule has 0 saturated carbocycles. The molecule has 0 radical (unpaired) electrons. The lowest BCUT2D eigenvalue weighted by atomic mass is 10.2. The molecule has 0 fully saturated rings. The Morgan fingerprint density at radius 2 is 1.88 bits per heavy atom. The van der Waals surface area contributed by atoms with Gasteiger partial charge < -0.3 is 14.5 Å². The summed E-state index contributed by atoms with van der Waals surface area (Å²) in [7, 11) is 0. The Balaban J connectivity index is 1.38. The number of anilines is 1. The van der Waals surface area contributed by atoms with Gasteiger partial charge in [-0.25, -0.2) is 0 Å². The minimum absolute atomic E-state index is 0.154. The van der Waals surface area contributed by atoms with Crippen molar-refractivity contribution in [2.24, 2.45) is 0 Å². The first kappa shape index (κ1) is 22.9. The zero-order valence-electron chi connectivity index (χ0n) is 16.3. The first-order valence-corrected chi connectivity index (χ1v) is 11.7. The lowest BCUT2D eigenvalue weighted by Crippen LogP contribution is -2.12. The maximum Gasteiger partial charge on any atom is 0.292 e. The van der Waals surface area contributed by atoms with Crippen molar-refractivity contribution in [3.8, 4) is 5.75 Å². The fourth-order valence-corrected chi connectivity index (χ4v) is 3.97. The smallest absolute Gasteiger partial charge is 0.292 e. The predicted molar refractivity (Wildman–Crippen MR) is 131 cm³/mol. The third-order valence-electron chi connectivity index (χ3n) is 4.38. The van der Waals surface area contributed by atoms with E-state index < -0.39 is 5.91 Å². The van der Waals surface area contributed by atoms with Gasteiger partial charge in [0.2, 0.25) is 0 Å². The average molecular weight is 600 g/mol. The minimum atomic E-state index is -0.421. The topological polar surface area (TPSA) is 69.3 Å². The Labute approximate surface area is 210 Å². The van der Waals surface area contributed by atoms with E-state index in [1.807, 2.05) is 30.3 Å². The van der Waals surface area contributed by atoms with Gasteiger partial charge in [0.15, 0.2) is 11.6 Å². The van der Waals surface area contributed by atoms with E-state index in [0.717, 1.165) is 10.0 Å². The Morgan fingerprint density at radius 3 is 2.62 bits per heavy atom. The van der Waals surface area contributed by atoms with Crippen LogP contribution in [0.2, 0.25) is 10.0 Å². The van der Waals surface area contributed by atoms with Crippen LogP contribution in [0.5, 0.6) is 5.75 Å². The number of aromatic nitrogens is 2. The molecule has 0 aliphatic rings. The van der Waals surface area contributed by atoms with E-state index in [0.29, 0.717) is 38.4 Å². The Hall–Kier alpha value is -2.26. The molecule has 0 aliphatic carbocycles. The highest BCUT2D eigenvalue weighted by Gasteiger charge is 2.16. The third-order valence-corrected chi connectivity index (χ3v) is 6.07. The second-order valence-corrected chi connectivity index (χ2v) is 9.34. The number of rotatable bonds is 7. The SMILES string of the molecule is O=C(Nc1nn(Cc2ccc(Cl)cc2Cl)cc1Br)c1ccc(COc2ccc(Br)cc2)o1. The molecular weight excluding hydrogens is 585 g/mol. The van der Waals surface area contributed by atoms with E-state index in [4.69, 9.17) is 32.4 Å². The van der Waals surface area contributed by atoms with E-state index in [9.17, 15) is 4.79 Å². The number of nitrogens with zero attached hydrogens (tertiary/aromatic N) is 2. The van der Waals surface area contributed by atoms with Crippen LogP contribution in [-0.2, 0) is 13.2 Å². The van der Waals surface area contributed by atoms with Gasteiger partial charge >= 0.3 is 0 Å². The van der Waals surface area contributed by atoms with Crippen LogP contribution in [0, 0.1) is 0 Å². The van der Waals surface area contributed by atoms with Gasteiger partial charge in [-0.1, -0.05) is 45.2 Å². The third kappa shape index (κ3) is 5.75. The van der Waals surface area contributed by atoms with Gasteiger partial charge in [0, 0.05) is 20.7 Å². The summed E-state index contributed by atoms with van der Waals surface area (Å²) in [6.45, 7) is 0.623. The standard InChI is InChI=1S/C22H15Br2Cl2N3O3/c23-14-2-5-16(6-3-14)31-12-17-7-8-20(32-17)22(30)27-21-18(24)11-29(28-21)10-13-1-4-15(25)9-19(13)26/h1-9,11H,10,12H2,(H,27,28,30). The van der Waals surface area contributed by atoms with Crippen molar-refractivity contribution in [2.45, 2.75) is 13.2 Å². The minimum Gasteiger partial charge on any atom is -0.486 e. The molecule has 4 rings (SSSR count). The highest BCUT2D eigenvalue weighted by Crippen LogP contribution is 2.25. The molecule has 0 bridgehead atoms. The second kappa shape index (κ2) is 10.1. The lowest BCUT2D eigenvalue weighted by molar-refractivity contribution is 0.0992. The summed E-state index contributed by atoms with van der Waals surface area (Å²) in [6, 6.07) is 16.0. The number of carbonyl (C=O) groups is 1. The number of amides is 1. The number of benzene rings is 2. The summed E-state index contributed by atoms with van der Waals surface area (Å²) in [4.78, 5) is 12.6. The molecule has 1 amide bonds. The number of hydrogen-bond acceptors (Lipinski definition) is 4. The van der Waals surface area contributed by atoms with Gasteiger partial charge in [0.25, 0.3) is 5.91 Å². The number of furan rings is 1. The van der Waals surface area contributed by atoms with Crippen LogP contribution in [-0.4, -0.2) is 15.7 Å². The number of ether oxygens (including phenoxy) is 1. The molecule has 2 heterocycles. The first-order valence-electron chi connectivity index (χ1n) is 9.33. The molecule has 0 spiro atoms. The van der Waals surface area contributed by atoms with Gasteiger partial charge in [0.1, 0.15) is 18.1 Å². The number of carbonyl (C=O) groups excluding carboxylic acids is 1. The van der Waals surface area contributed by atoms with Crippen LogP contribution in [0.3, 0.4) is 0 Å². The van der Waals surface area contributed by atoms with Crippen molar-refractivity contribution in [1.82, 2.24) is 9.78 Å². The predicted octanol–water partition coefficient (Wildman–Crippen LogP) is 7.19. The van der Waals surface area contributed by atoms with E-state index in [2.05, 4.69) is 42.3 Å². The van der Waals surface area contributed by atoms with Gasteiger partial charge in [-0.2, -0.15) is 5.10 Å². The number of hydrogen-bond donors (Lipinski definition) is 1. The van der Waals surface area contributed by atoms with E-state index in [-0.39, 0.29) is 12.4 Å². The van der Waals surface area contributed by atoms with Crippen molar-refractivity contribution < 1.29 is 13.9 Å². The van der Waals surface area contributed by atoms with Crippen molar-refractivity contribution in [3.05, 3.63) is 96.9 Å². The molecule has 164 valence electrons. The molecule has 2 aromatic carbocycles. The number of nitrogens with one attached hydrogen (secondary N) is 1. The molecule has 0 aliphatic heterocycles. The van der Waals surface area contributed by atoms with E-state index in [1.165, 1.54) is 0 Å². The Morgan fingerprint density at radius 1 is 1.09 bits per heavy atom. The van der Waals surface area contributed by atoms with Crippen LogP contribution in [0.25, 0.3) is 0 Å². The van der Waals surface area contributed by atoms with Crippen molar-refractivity contribution in [1.29, 1.82) is 0 Å². The van der Waals surface area contributed by atoms with E-state index in [1.54, 1.807) is 35.1 Å². The monoisotopic (exact) mass is 597 g/mol. The molecule has 0 atom stereocenters. The molecule has 4 aromatic rings. The average Bonchev–Trinajstić information content (AvgIpc) is 3.36. The van der Waals surface area contributed by atoms with Gasteiger partial charge in [-0.3, -0.25) is 9.48 Å². The Kier molecular flexibility index (Phi) is 7.25. The van der Waals surface area contributed by atoms with E-state index >= 15 is 0 Å². The quantitative estimate of drug-likeness (QED) is 0.244. The summed E-state index contributed by atoms with van der Waals surface area (Å²) in [5.41, 5.74) is 0.852. The molecular formula is C22H15Br2Cl2N3O3. The van der Waals surface area contributed by atoms with Crippen LogP contribution in [0.4, 0.5) is 5.82 Å². The number of halogens is 4. The van der Waals surface area contributed by atoms with Gasteiger partial charge in [-0.05, 0) is 70.0 Å². The zero-order valence-corrected chi connectivity index (χ0v) is 21.0. The molecule has 6 nitrogen and oxygen atoms in total. The molecule has 0 saturated heterocycles. The molecule has 2 aromatic heterocycles. The first-order chi connectivity index (χ1) is 15.4. The normalized spacial score (nSPS) is 10.9. The van der Waals surface area contributed by atoms with Crippen molar-refractivity contribution in [3.63, 3.8) is 0 Å². The van der Waals surface area contributed by atoms with Crippen LogP contribution in [0.1, 0.15) is 21.9 Å². The van der Waals surface area contributed by atoms with Gasteiger partial charge in [0.05, 0.1) is 11.0 Å². The molecule has 1 N–H and O–H groups in total. The van der Waals surface area contributed by atoms with Crippen LogP contribution in [0.15, 0.2) is 74.2 Å². The summed E-state index contributed by atoms with van der Waals surface area (Å²) in [5.74, 6) is 1.33. The maximum absolute atomic E-state index is 12.6. The highest BCUT2D eigenvalue weighted by atomic mass is 79.9. The summed E-state index contributed by atoms with van der Waals surface area (Å²) < 4.78 is 14.5. The van der Waals surface area contributed by atoms with Crippen molar-refractivity contribution in [2.75, 3.05) is 5.32 Å². The second-order valence-electron chi connectivity index (χ2n) is 6.72. The van der Waals surface area contributed by atoms with Crippen molar-refractivity contribution >= 4 is 66.8 Å². The highest BCUT2D eigenvalue weighted by molar-refractivity contribution is 9.10. The zero-order chi connectivity index (χ0) is 22.7. The molecule has 10 heteroatoms.